The lowest BCUT2D eigenvalue weighted by atomic mass is 10.1. The molecule has 0 atom stereocenters. The Bertz CT molecular complexity index is 1160. The zero-order chi connectivity index (χ0) is 20.4. The van der Waals surface area contributed by atoms with E-state index in [1.807, 2.05) is 49.4 Å². The number of allylic oxidation sites excluding steroid dienone is 3. The minimum absolute atomic E-state index is 0.145. The first-order valence-electron chi connectivity index (χ1n) is 9.36. The third-order valence-corrected chi connectivity index (χ3v) is 4.92. The van der Waals surface area contributed by atoms with Gasteiger partial charge in [-0.15, -0.1) is 0 Å². The van der Waals surface area contributed by atoms with Gasteiger partial charge < -0.3 is 5.32 Å². The number of carbonyl (C=O) groups is 1. The number of urea groups is 1. The van der Waals surface area contributed by atoms with E-state index in [0.717, 1.165) is 0 Å². The Hall–Kier alpha value is -3.87. The van der Waals surface area contributed by atoms with Crippen LogP contribution in [-0.2, 0) is 6.42 Å². The summed E-state index contributed by atoms with van der Waals surface area (Å²) >= 11 is 0. The summed E-state index contributed by atoms with van der Waals surface area (Å²) in [7, 11) is 0. The lowest BCUT2D eigenvalue weighted by molar-refractivity contribution is 0.257. The molecule has 0 fully saturated rings. The number of rotatable bonds is 3. The number of hydrogen-bond donors (Lipinski definition) is 2. The number of fused-ring (bicyclic) bond motifs is 3. The molecule has 7 nitrogen and oxygen atoms in total. The number of para-hydroxylation sites is 1. The third-order valence-electron chi connectivity index (χ3n) is 4.92. The second-order valence-electron chi connectivity index (χ2n) is 6.60. The van der Waals surface area contributed by atoms with Gasteiger partial charge in [0, 0.05) is 29.6 Å². The summed E-state index contributed by atoms with van der Waals surface area (Å²) in [5, 5.41) is 6.07. The summed E-state index contributed by atoms with van der Waals surface area (Å²) in [5.74, 6) is 0.508. The molecule has 0 aliphatic carbocycles. The van der Waals surface area contributed by atoms with E-state index in [0.29, 0.717) is 47.0 Å². The molecule has 0 radical (unpaired) electrons. The van der Waals surface area contributed by atoms with Crippen molar-refractivity contribution in [3.8, 4) is 11.3 Å². The van der Waals surface area contributed by atoms with E-state index in [1.165, 1.54) is 4.68 Å². The summed E-state index contributed by atoms with van der Waals surface area (Å²) in [6.07, 6.45) is 5.49. The van der Waals surface area contributed by atoms with Gasteiger partial charge in [-0.2, -0.15) is 0 Å². The van der Waals surface area contributed by atoms with Crippen molar-refractivity contribution in [3.05, 3.63) is 83.3 Å². The van der Waals surface area contributed by atoms with Crippen LogP contribution >= 0.6 is 0 Å². The number of nitrogens with one attached hydrogen (secondary N) is 2. The lowest BCUT2D eigenvalue weighted by Gasteiger charge is -2.22. The van der Waals surface area contributed by atoms with Crippen LogP contribution in [0.25, 0.3) is 17.0 Å². The van der Waals surface area contributed by atoms with E-state index in [1.54, 1.807) is 23.2 Å². The molecular formula is C22H21N5O2. The third kappa shape index (κ3) is 3.27. The van der Waals surface area contributed by atoms with E-state index in [2.05, 4.69) is 22.0 Å². The maximum atomic E-state index is 13.0. The number of carbonyl (C=O) groups excluding carboxylic acids is 1. The Morgan fingerprint density at radius 1 is 1.24 bits per heavy atom. The summed E-state index contributed by atoms with van der Waals surface area (Å²) in [5.41, 5.74) is 3.23. The Kier molecular flexibility index (Phi) is 4.87. The van der Waals surface area contributed by atoms with Crippen molar-refractivity contribution in [3.63, 3.8) is 0 Å². The second kappa shape index (κ2) is 7.63. The highest BCUT2D eigenvalue weighted by atomic mass is 16.2. The highest BCUT2D eigenvalue weighted by molar-refractivity contribution is 6.03. The average Bonchev–Trinajstić information content (AvgIpc) is 2.97. The molecule has 1 aliphatic rings. The number of hydrogen-bond acceptors (Lipinski definition) is 3. The van der Waals surface area contributed by atoms with Crippen LogP contribution in [0.5, 0.6) is 0 Å². The quantitative estimate of drug-likeness (QED) is 0.669. The monoisotopic (exact) mass is 387 g/mol. The molecular weight excluding hydrogens is 366 g/mol. The largest absolute Gasteiger partial charge is 0.327 e. The average molecular weight is 387 g/mol. The maximum Gasteiger partial charge on any atom is 0.327 e. The SMILES string of the molecule is C=CC(=CC)n1[nH]c2c(c1=O)CCN(C(=O)Nc1ccccc1)c1ncccc1-2. The van der Waals surface area contributed by atoms with Crippen molar-refractivity contribution < 1.29 is 4.79 Å². The molecule has 0 bridgehead atoms. The Balaban J connectivity index is 1.77. The molecule has 0 saturated carbocycles. The van der Waals surface area contributed by atoms with E-state index in [4.69, 9.17) is 0 Å². The number of aromatic nitrogens is 3. The molecule has 2 amide bonds. The van der Waals surface area contributed by atoms with Gasteiger partial charge >= 0.3 is 6.03 Å². The van der Waals surface area contributed by atoms with Crippen molar-refractivity contribution in [2.24, 2.45) is 0 Å². The zero-order valence-corrected chi connectivity index (χ0v) is 16.1. The van der Waals surface area contributed by atoms with Gasteiger partial charge in [0.1, 0.15) is 5.82 Å². The van der Waals surface area contributed by atoms with Crippen LogP contribution in [-0.4, -0.2) is 27.3 Å². The minimum Gasteiger partial charge on any atom is -0.308 e. The molecule has 2 aromatic heterocycles. The van der Waals surface area contributed by atoms with Crippen LogP contribution in [0.15, 0.2) is 72.2 Å². The summed E-state index contributed by atoms with van der Waals surface area (Å²) < 4.78 is 1.48. The summed E-state index contributed by atoms with van der Waals surface area (Å²) in [6.45, 7) is 5.96. The Morgan fingerprint density at radius 2 is 2.03 bits per heavy atom. The van der Waals surface area contributed by atoms with E-state index < -0.39 is 0 Å². The fourth-order valence-electron chi connectivity index (χ4n) is 3.49. The summed E-state index contributed by atoms with van der Waals surface area (Å²) in [4.78, 5) is 32.0. The van der Waals surface area contributed by atoms with E-state index >= 15 is 0 Å². The first-order valence-corrected chi connectivity index (χ1v) is 9.36. The van der Waals surface area contributed by atoms with Crippen molar-refractivity contribution >= 4 is 23.2 Å². The molecule has 4 rings (SSSR count). The van der Waals surface area contributed by atoms with Crippen molar-refractivity contribution in [2.75, 3.05) is 16.8 Å². The normalized spacial score (nSPS) is 13.3. The molecule has 0 spiro atoms. The Labute approximate surface area is 168 Å². The van der Waals surface area contributed by atoms with Gasteiger partial charge in [-0.25, -0.2) is 14.5 Å². The number of benzene rings is 1. The molecule has 1 aliphatic heterocycles. The molecule has 7 heteroatoms. The molecule has 1 aromatic carbocycles. The lowest BCUT2D eigenvalue weighted by Crippen LogP contribution is -2.37. The maximum absolute atomic E-state index is 13.0. The van der Waals surface area contributed by atoms with Gasteiger partial charge in [0.25, 0.3) is 5.56 Å². The topological polar surface area (TPSA) is 83.0 Å². The van der Waals surface area contributed by atoms with Crippen molar-refractivity contribution in [2.45, 2.75) is 13.3 Å². The van der Waals surface area contributed by atoms with Gasteiger partial charge in [0.15, 0.2) is 0 Å². The van der Waals surface area contributed by atoms with E-state index in [9.17, 15) is 9.59 Å². The molecule has 29 heavy (non-hydrogen) atoms. The van der Waals surface area contributed by atoms with Crippen LogP contribution in [0.1, 0.15) is 12.5 Å². The number of amides is 2. The first kappa shape index (κ1) is 18.5. The molecule has 146 valence electrons. The van der Waals surface area contributed by atoms with Gasteiger partial charge in [-0.3, -0.25) is 14.8 Å². The van der Waals surface area contributed by atoms with Crippen LogP contribution < -0.4 is 15.8 Å². The van der Waals surface area contributed by atoms with Crippen LogP contribution in [0.3, 0.4) is 0 Å². The van der Waals surface area contributed by atoms with Gasteiger partial charge in [-0.1, -0.05) is 30.9 Å². The van der Waals surface area contributed by atoms with Crippen molar-refractivity contribution in [1.29, 1.82) is 0 Å². The van der Waals surface area contributed by atoms with E-state index in [-0.39, 0.29) is 11.6 Å². The number of nitrogens with zero attached hydrogens (tertiary/aromatic N) is 3. The number of aromatic amines is 1. The number of pyridine rings is 1. The number of H-pyrrole nitrogens is 1. The smallest absolute Gasteiger partial charge is 0.308 e. The molecule has 3 aromatic rings. The second-order valence-corrected chi connectivity index (χ2v) is 6.60. The predicted molar refractivity (Wildman–Crippen MR) is 115 cm³/mol. The standard InChI is InChI=1S/C22H21N5O2/c1-3-16(4-2)27-21(28)18-12-14-26(22(29)24-15-9-6-5-7-10-15)20-17(19(18)25-27)11-8-13-23-20/h3-11,13,25H,1,12,14H2,2H3,(H,24,29). The molecule has 3 heterocycles. The highest BCUT2D eigenvalue weighted by Gasteiger charge is 2.29. The first-order chi connectivity index (χ1) is 14.1. The molecule has 0 unspecified atom stereocenters. The molecule has 2 N–H and O–H groups in total. The van der Waals surface area contributed by atoms with Gasteiger partial charge in [0.05, 0.1) is 11.4 Å². The summed E-state index contributed by atoms with van der Waals surface area (Å²) in [6, 6.07) is 12.6. The molecule has 0 saturated heterocycles. The van der Waals surface area contributed by atoms with Gasteiger partial charge in [0.2, 0.25) is 0 Å². The van der Waals surface area contributed by atoms with Gasteiger partial charge in [-0.05, 0) is 43.7 Å². The zero-order valence-electron chi connectivity index (χ0n) is 16.1. The van der Waals surface area contributed by atoms with Crippen LogP contribution in [0.2, 0.25) is 0 Å². The van der Waals surface area contributed by atoms with Crippen molar-refractivity contribution in [1.82, 2.24) is 14.8 Å². The minimum atomic E-state index is -0.290. The highest BCUT2D eigenvalue weighted by Crippen LogP contribution is 2.33. The fraction of sp³-hybridized carbons (Fsp3) is 0.136. The predicted octanol–water partition coefficient (Wildman–Crippen LogP) is 3.88. The Morgan fingerprint density at radius 3 is 2.76 bits per heavy atom. The fourth-order valence-corrected chi connectivity index (χ4v) is 3.49. The number of anilines is 2. The van der Waals surface area contributed by atoms with Crippen LogP contribution in [0.4, 0.5) is 16.3 Å². The van der Waals surface area contributed by atoms with Crippen LogP contribution in [0, 0.1) is 0 Å².